The van der Waals surface area contributed by atoms with Crippen LogP contribution in [0, 0.1) is 23.2 Å². The third-order valence-electron chi connectivity index (χ3n) is 8.59. The maximum absolute atomic E-state index is 6.06. The van der Waals surface area contributed by atoms with Crippen molar-refractivity contribution in [1.82, 2.24) is 20.3 Å². The van der Waals surface area contributed by atoms with Crippen molar-refractivity contribution < 1.29 is 0 Å². The van der Waals surface area contributed by atoms with Gasteiger partial charge in [-0.25, -0.2) is 0 Å². The highest BCUT2D eigenvalue weighted by Crippen LogP contribution is 2.61. The van der Waals surface area contributed by atoms with E-state index in [1.165, 1.54) is 38.5 Å². The quantitative estimate of drug-likeness (QED) is 0.447. The van der Waals surface area contributed by atoms with Crippen molar-refractivity contribution >= 4 is 11.6 Å². The first-order chi connectivity index (χ1) is 16.1. The largest absolute Gasteiger partial charge is 0.308 e. The fourth-order valence-electron chi connectivity index (χ4n) is 7.32. The summed E-state index contributed by atoms with van der Waals surface area (Å²) in [5, 5.41) is 14.5. The van der Waals surface area contributed by atoms with Gasteiger partial charge in [-0.3, -0.25) is 0 Å². The minimum atomic E-state index is 0.487. The number of nitrogens with zero attached hydrogens (tertiary/aromatic N) is 3. The second kappa shape index (κ2) is 8.56. The van der Waals surface area contributed by atoms with E-state index in [0.717, 1.165) is 51.8 Å². The summed E-state index contributed by atoms with van der Waals surface area (Å²) in [4.78, 5) is 1.83. The summed E-state index contributed by atoms with van der Waals surface area (Å²) in [7, 11) is 0. The van der Waals surface area contributed by atoms with E-state index < -0.39 is 0 Å². The monoisotopic (exact) mass is 460 g/mol. The van der Waals surface area contributed by atoms with Crippen molar-refractivity contribution in [2.24, 2.45) is 23.2 Å². The molecule has 0 unspecified atom stereocenters. The predicted octanol–water partition coefficient (Wildman–Crippen LogP) is 6.34. The van der Waals surface area contributed by atoms with E-state index in [0.29, 0.717) is 18.0 Å². The highest BCUT2D eigenvalue weighted by molar-refractivity contribution is 6.30. The Bertz CT molecular complexity index is 1070. The molecule has 0 radical (unpaired) electrons. The predicted molar refractivity (Wildman–Crippen MR) is 133 cm³/mol. The van der Waals surface area contributed by atoms with E-state index in [2.05, 4.69) is 42.6 Å². The lowest BCUT2D eigenvalue weighted by Crippen LogP contribution is -2.54. The van der Waals surface area contributed by atoms with Gasteiger partial charge in [0.25, 0.3) is 0 Å². The minimum Gasteiger partial charge on any atom is -0.308 e. The summed E-state index contributed by atoms with van der Waals surface area (Å²) in [6.45, 7) is 3.82. The van der Waals surface area contributed by atoms with Crippen molar-refractivity contribution in [1.29, 1.82) is 0 Å². The van der Waals surface area contributed by atoms with E-state index in [4.69, 9.17) is 21.8 Å². The molecule has 5 heteroatoms. The molecule has 1 aromatic heterocycles. The first kappa shape index (κ1) is 21.4. The minimum absolute atomic E-state index is 0.487. The second-order valence-electron chi connectivity index (χ2n) is 10.9. The summed E-state index contributed by atoms with van der Waals surface area (Å²) in [5.74, 6) is 2.92. The summed E-state index contributed by atoms with van der Waals surface area (Å²) >= 11 is 6.06. The highest BCUT2D eigenvalue weighted by atomic mass is 35.5. The molecule has 1 N–H and O–H groups in total. The molecule has 3 aromatic rings. The molecule has 4 aliphatic rings. The van der Waals surface area contributed by atoms with Crippen LogP contribution in [0.3, 0.4) is 0 Å². The van der Waals surface area contributed by atoms with Gasteiger partial charge in [0.15, 0.2) is 0 Å². The van der Waals surface area contributed by atoms with E-state index >= 15 is 0 Å². The lowest BCUT2D eigenvalue weighted by Gasteiger charge is -2.59. The topological polar surface area (TPSA) is 42.7 Å². The average molecular weight is 461 g/mol. The Morgan fingerprint density at radius 1 is 0.939 bits per heavy atom. The normalized spacial score (nSPS) is 28.8. The number of hydrogen-bond donors (Lipinski definition) is 1. The zero-order chi connectivity index (χ0) is 22.4. The molecule has 172 valence electrons. The van der Waals surface area contributed by atoms with Crippen molar-refractivity contribution in [3.63, 3.8) is 0 Å². The molecule has 0 spiro atoms. The number of benzene rings is 2. The van der Waals surface area contributed by atoms with E-state index in [1.807, 2.05) is 29.1 Å². The molecule has 1 atom stereocenters. The smallest absolute Gasteiger partial charge is 0.117 e. The summed E-state index contributed by atoms with van der Waals surface area (Å²) in [6, 6.07) is 18.9. The van der Waals surface area contributed by atoms with E-state index in [1.54, 1.807) is 0 Å². The summed E-state index contributed by atoms with van der Waals surface area (Å²) < 4.78 is 0. The summed E-state index contributed by atoms with van der Waals surface area (Å²) in [5.41, 5.74) is 4.78. The van der Waals surface area contributed by atoms with Gasteiger partial charge in [-0.05, 0) is 86.3 Å². The van der Waals surface area contributed by atoms with Crippen LogP contribution in [0.5, 0.6) is 0 Å². The van der Waals surface area contributed by atoms with Gasteiger partial charge in [0, 0.05) is 23.2 Å². The molecular weight excluding hydrogens is 428 g/mol. The molecule has 4 fully saturated rings. The van der Waals surface area contributed by atoms with Crippen LogP contribution in [0.4, 0.5) is 0 Å². The average Bonchev–Trinajstić information content (AvgIpc) is 3.21. The lowest BCUT2D eigenvalue weighted by molar-refractivity contribution is -0.0707. The van der Waals surface area contributed by atoms with Gasteiger partial charge in [0.2, 0.25) is 0 Å². The molecule has 0 amide bonds. The molecule has 2 aromatic carbocycles. The van der Waals surface area contributed by atoms with Crippen LogP contribution >= 0.6 is 11.6 Å². The van der Waals surface area contributed by atoms with Crippen molar-refractivity contribution in [2.45, 2.75) is 64.6 Å². The number of rotatable bonds is 7. The van der Waals surface area contributed by atoms with Crippen LogP contribution in [0.2, 0.25) is 5.02 Å². The van der Waals surface area contributed by atoms with Crippen molar-refractivity contribution in [3.8, 4) is 11.3 Å². The zero-order valence-corrected chi connectivity index (χ0v) is 20.1. The van der Waals surface area contributed by atoms with Crippen LogP contribution in [0.15, 0.2) is 54.6 Å². The Kier molecular flexibility index (Phi) is 5.54. The first-order valence-corrected chi connectivity index (χ1v) is 12.9. The fourth-order valence-corrected chi connectivity index (χ4v) is 7.45. The number of halogens is 1. The molecule has 4 nitrogen and oxygen atoms in total. The Labute approximate surface area is 201 Å². The van der Waals surface area contributed by atoms with Gasteiger partial charge in [0.1, 0.15) is 11.4 Å². The molecular formula is C28H33ClN4. The van der Waals surface area contributed by atoms with Gasteiger partial charge in [0.05, 0.1) is 6.54 Å². The van der Waals surface area contributed by atoms with Crippen molar-refractivity contribution in [3.05, 3.63) is 70.9 Å². The lowest BCUT2D eigenvalue weighted by atomic mass is 9.48. The Morgan fingerprint density at radius 2 is 1.58 bits per heavy atom. The maximum Gasteiger partial charge on any atom is 0.117 e. The number of hydrogen-bond acceptors (Lipinski definition) is 3. The van der Waals surface area contributed by atoms with Crippen LogP contribution in [0.25, 0.3) is 11.3 Å². The maximum atomic E-state index is 6.06. The van der Waals surface area contributed by atoms with E-state index in [-0.39, 0.29) is 0 Å². The molecule has 4 aliphatic carbocycles. The zero-order valence-electron chi connectivity index (χ0n) is 19.4. The molecule has 4 saturated carbocycles. The van der Waals surface area contributed by atoms with Crippen LogP contribution < -0.4 is 5.32 Å². The number of nitrogens with one attached hydrogen (secondary N) is 1. The fraction of sp³-hybridized carbons (Fsp3) is 0.500. The molecule has 0 saturated heterocycles. The second-order valence-corrected chi connectivity index (χ2v) is 11.3. The van der Waals surface area contributed by atoms with Crippen LogP contribution in [0.1, 0.15) is 56.7 Å². The van der Waals surface area contributed by atoms with Gasteiger partial charge < -0.3 is 5.32 Å². The molecule has 1 heterocycles. The molecule has 0 aliphatic heterocycles. The van der Waals surface area contributed by atoms with Gasteiger partial charge in [-0.1, -0.05) is 54.1 Å². The van der Waals surface area contributed by atoms with Crippen molar-refractivity contribution in [2.75, 3.05) is 0 Å². The Morgan fingerprint density at radius 3 is 2.21 bits per heavy atom. The third-order valence-corrected chi connectivity index (χ3v) is 8.84. The standard InChI is InChI=1S/C28H33ClN4/c1-19(28-14-21-11-22(15-28)13-23(12-21)16-28)30-17-26-27(24-5-3-2-4-6-24)32-33(31-26)18-20-7-9-25(29)10-8-20/h2-10,19,21-23,30H,11-18H2,1H3/t19-,21?,22?,23?,28?/m1/s1. The van der Waals surface area contributed by atoms with Crippen LogP contribution in [-0.4, -0.2) is 21.0 Å². The number of aromatic nitrogens is 3. The summed E-state index contributed by atoms with van der Waals surface area (Å²) in [6.07, 6.45) is 8.72. The molecule has 33 heavy (non-hydrogen) atoms. The Hall–Kier alpha value is -2.17. The van der Waals surface area contributed by atoms with E-state index in [9.17, 15) is 0 Å². The molecule has 4 bridgehead atoms. The highest BCUT2D eigenvalue weighted by Gasteiger charge is 2.52. The molecule has 7 rings (SSSR count). The SMILES string of the molecule is C[C@@H](NCc1nn(Cc2ccc(Cl)cc2)nc1-c1ccccc1)C12CC3CC(CC(C3)C1)C2. The van der Waals surface area contributed by atoms with Gasteiger partial charge in [-0.15, -0.1) is 0 Å². The first-order valence-electron chi connectivity index (χ1n) is 12.5. The van der Waals surface area contributed by atoms with Gasteiger partial charge >= 0.3 is 0 Å². The third kappa shape index (κ3) is 4.24. The van der Waals surface area contributed by atoms with Crippen LogP contribution in [-0.2, 0) is 13.1 Å². The van der Waals surface area contributed by atoms with Gasteiger partial charge in [-0.2, -0.15) is 15.0 Å². The Balaban J connectivity index is 1.22.